The highest BCUT2D eigenvalue weighted by molar-refractivity contribution is 7.80. The second-order valence-electron chi connectivity index (χ2n) is 8.42. The van der Waals surface area contributed by atoms with Crippen molar-refractivity contribution < 1.29 is 10.2 Å². The van der Waals surface area contributed by atoms with Crippen molar-refractivity contribution in [3.8, 4) is 11.5 Å². The molecule has 5 heteroatoms. The summed E-state index contributed by atoms with van der Waals surface area (Å²) in [5.41, 5.74) is 6.51. The van der Waals surface area contributed by atoms with Crippen molar-refractivity contribution in [2.45, 2.75) is 40.5 Å². The number of phenols is 2. The Hall–Kier alpha value is -2.79. The summed E-state index contributed by atoms with van der Waals surface area (Å²) < 4.78 is 0. The minimum Gasteiger partial charge on any atom is -0.508 e. The molecule has 164 valence electrons. The lowest BCUT2D eigenvalue weighted by Gasteiger charge is -2.29. The lowest BCUT2D eigenvalue weighted by Crippen LogP contribution is -2.36. The van der Waals surface area contributed by atoms with Gasteiger partial charge < -0.3 is 15.5 Å². The number of nitrogens with zero attached hydrogens (tertiary/aromatic N) is 1. The van der Waals surface area contributed by atoms with Gasteiger partial charge in [-0.3, -0.25) is 4.90 Å². The number of phenolic OH excluding ortho intramolecular Hbond substituents is 2. The molecule has 1 aliphatic carbocycles. The summed E-state index contributed by atoms with van der Waals surface area (Å²) in [6.07, 6.45) is 4.01. The summed E-state index contributed by atoms with van der Waals surface area (Å²) in [6.45, 7) is 12.9. The van der Waals surface area contributed by atoms with Gasteiger partial charge in [0, 0.05) is 24.4 Å². The molecule has 2 unspecified atom stereocenters. The monoisotopic (exact) mass is 436 g/mol. The summed E-state index contributed by atoms with van der Waals surface area (Å²) in [5.74, 6) is 1.14. The Morgan fingerprint density at radius 2 is 1.90 bits per heavy atom. The molecular weight excluding hydrogens is 404 g/mol. The maximum Gasteiger partial charge on any atom is 0.177 e. The van der Waals surface area contributed by atoms with Crippen molar-refractivity contribution in [2.24, 2.45) is 11.8 Å². The number of aromatic hydroxyl groups is 2. The summed E-state index contributed by atoms with van der Waals surface area (Å²) in [6, 6.07) is 9.52. The fraction of sp³-hybridized carbons (Fsp3) is 0.346. The van der Waals surface area contributed by atoms with E-state index in [1.165, 1.54) is 22.8 Å². The number of hydrogen-bond donors (Lipinski definition) is 3. The Morgan fingerprint density at radius 3 is 2.55 bits per heavy atom. The first-order valence-corrected chi connectivity index (χ1v) is 11.2. The first kappa shape index (κ1) is 22.9. The molecular formula is C26H32N2O2S. The van der Waals surface area contributed by atoms with E-state index in [-0.39, 0.29) is 11.5 Å². The molecule has 2 aromatic rings. The maximum absolute atomic E-state index is 10.5. The molecule has 4 nitrogen and oxygen atoms in total. The molecule has 1 aliphatic rings. The van der Waals surface area contributed by atoms with E-state index in [1.807, 2.05) is 11.8 Å². The summed E-state index contributed by atoms with van der Waals surface area (Å²) in [4.78, 5) is 1.84. The lowest BCUT2D eigenvalue weighted by atomic mass is 9.91. The van der Waals surface area contributed by atoms with Gasteiger partial charge in [0.1, 0.15) is 11.5 Å². The van der Waals surface area contributed by atoms with E-state index in [1.54, 1.807) is 13.1 Å². The molecule has 0 aliphatic heterocycles. The smallest absolute Gasteiger partial charge is 0.177 e. The Labute approximate surface area is 190 Å². The molecule has 3 N–H and O–H groups in total. The minimum absolute atomic E-state index is 0.0305. The van der Waals surface area contributed by atoms with Gasteiger partial charge in [-0.15, -0.1) is 0 Å². The van der Waals surface area contributed by atoms with E-state index in [0.29, 0.717) is 34.6 Å². The number of anilines is 1. The van der Waals surface area contributed by atoms with E-state index in [0.717, 1.165) is 17.7 Å². The first-order chi connectivity index (χ1) is 14.7. The third-order valence-corrected chi connectivity index (χ3v) is 6.69. The van der Waals surface area contributed by atoms with Gasteiger partial charge in [0.05, 0.1) is 5.70 Å². The number of hydrogen-bond acceptors (Lipinski definition) is 3. The topological polar surface area (TPSA) is 55.7 Å². The van der Waals surface area contributed by atoms with Crippen molar-refractivity contribution in [1.82, 2.24) is 5.32 Å². The van der Waals surface area contributed by atoms with Crippen molar-refractivity contribution in [1.29, 1.82) is 0 Å². The molecule has 0 spiro atoms. The van der Waals surface area contributed by atoms with Crippen LogP contribution in [0.1, 0.15) is 49.9 Å². The maximum atomic E-state index is 10.5. The lowest BCUT2D eigenvalue weighted by molar-refractivity contribution is 0.445. The van der Waals surface area contributed by atoms with Crippen LogP contribution >= 0.6 is 12.2 Å². The average molecular weight is 437 g/mol. The van der Waals surface area contributed by atoms with Gasteiger partial charge in [-0.1, -0.05) is 39.5 Å². The van der Waals surface area contributed by atoms with E-state index in [4.69, 9.17) is 12.2 Å². The van der Waals surface area contributed by atoms with Gasteiger partial charge in [0.15, 0.2) is 5.11 Å². The number of nitrogens with one attached hydrogen (secondary N) is 1. The molecule has 0 saturated carbocycles. The van der Waals surface area contributed by atoms with E-state index in [9.17, 15) is 10.2 Å². The van der Waals surface area contributed by atoms with Crippen molar-refractivity contribution >= 4 is 34.3 Å². The Balaban J connectivity index is 2.12. The normalized spacial score (nSPS) is 17.9. The predicted octanol–water partition coefficient (Wildman–Crippen LogP) is 5.87. The Kier molecular flexibility index (Phi) is 6.75. The minimum atomic E-state index is -0.0305. The number of benzene rings is 2. The van der Waals surface area contributed by atoms with Crippen LogP contribution in [-0.2, 0) is 12.8 Å². The predicted molar refractivity (Wildman–Crippen MR) is 134 cm³/mol. The number of aryl methyl sites for hydroxylation is 1. The van der Waals surface area contributed by atoms with Crippen molar-refractivity contribution in [3.05, 3.63) is 65.2 Å². The number of fused-ring (bicyclic) bond motifs is 1. The molecule has 0 fully saturated rings. The second kappa shape index (κ2) is 9.15. The van der Waals surface area contributed by atoms with Crippen molar-refractivity contribution in [3.63, 3.8) is 0 Å². The SMILES string of the molecule is C=C(c1cc(CC)c(O)cc1O)N(C(=S)NC)c1ccc2c(c1)C(C)=CC(C)C(C)C2. The van der Waals surface area contributed by atoms with Crippen LogP contribution < -0.4 is 10.2 Å². The van der Waals surface area contributed by atoms with E-state index < -0.39 is 0 Å². The number of allylic oxidation sites excluding steroid dienone is 2. The van der Waals surface area contributed by atoms with Gasteiger partial charge in [0.25, 0.3) is 0 Å². The fourth-order valence-corrected chi connectivity index (χ4v) is 4.41. The van der Waals surface area contributed by atoms with Gasteiger partial charge in [0.2, 0.25) is 0 Å². The average Bonchev–Trinajstić information content (AvgIpc) is 2.84. The molecule has 0 radical (unpaired) electrons. The highest BCUT2D eigenvalue weighted by atomic mass is 32.1. The van der Waals surface area contributed by atoms with E-state index >= 15 is 0 Å². The van der Waals surface area contributed by atoms with Crippen LogP contribution in [0.25, 0.3) is 11.3 Å². The van der Waals surface area contributed by atoms with Gasteiger partial charge in [-0.2, -0.15) is 0 Å². The molecule has 2 aromatic carbocycles. The molecule has 0 heterocycles. The van der Waals surface area contributed by atoms with Crippen LogP contribution in [0, 0.1) is 11.8 Å². The highest BCUT2D eigenvalue weighted by Gasteiger charge is 2.23. The molecule has 0 amide bonds. The molecule has 0 saturated heterocycles. The standard InChI is InChI=1S/C26H32N2O2S/c1-7-19-12-23(25(30)14-24(19)29)18(5)28(26(31)27-6)21-9-8-20-11-16(3)15(2)10-17(4)22(20)13-21/h8-10,12-16,29-30H,5,7,11H2,1-4,6H3,(H,27,31). The molecule has 0 aromatic heterocycles. The molecule has 31 heavy (non-hydrogen) atoms. The zero-order valence-electron chi connectivity index (χ0n) is 19.0. The fourth-order valence-electron chi connectivity index (χ4n) is 4.19. The summed E-state index contributed by atoms with van der Waals surface area (Å²) >= 11 is 5.62. The zero-order valence-corrected chi connectivity index (χ0v) is 19.8. The largest absolute Gasteiger partial charge is 0.508 e. The van der Waals surface area contributed by atoms with E-state index in [2.05, 4.69) is 56.9 Å². The van der Waals surface area contributed by atoms with Crippen LogP contribution in [0.2, 0.25) is 0 Å². The van der Waals surface area contributed by atoms with Crippen LogP contribution in [0.4, 0.5) is 5.69 Å². The number of rotatable bonds is 4. The van der Waals surface area contributed by atoms with Crippen LogP contribution in [0.5, 0.6) is 11.5 Å². The third kappa shape index (κ3) is 4.47. The van der Waals surface area contributed by atoms with Gasteiger partial charge in [-0.25, -0.2) is 0 Å². The number of thiocarbonyl (C=S) groups is 1. The van der Waals surface area contributed by atoms with Gasteiger partial charge in [-0.05, 0) is 84.3 Å². The van der Waals surface area contributed by atoms with Crippen LogP contribution in [0.3, 0.4) is 0 Å². The quantitative estimate of drug-likeness (QED) is 0.523. The summed E-state index contributed by atoms with van der Waals surface area (Å²) in [5, 5.41) is 24.2. The van der Waals surface area contributed by atoms with Crippen LogP contribution in [0.15, 0.2) is 43.0 Å². The molecule has 2 atom stereocenters. The first-order valence-electron chi connectivity index (χ1n) is 10.8. The van der Waals surface area contributed by atoms with Gasteiger partial charge >= 0.3 is 0 Å². The third-order valence-electron chi connectivity index (χ3n) is 6.30. The van der Waals surface area contributed by atoms with Crippen LogP contribution in [-0.4, -0.2) is 22.4 Å². The molecule has 3 rings (SSSR count). The highest BCUT2D eigenvalue weighted by Crippen LogP contribution is 2.38. The molecule has 0 bridgehead atoms. The Bertz CT molecular complexity index is 1060. The van der Waals surface area contributed by atoms with Crippen molar-refractivity contribution in [2.75, 3.05) is 11.9 Å². The second-order valence-corrected chi connectivity index (χ2v) is 8.81. The summed E-state index contributed by atoms with van der Waals surface area (Å²) in [7, 11) is 1.77. The zero-order chi connectivity index (χ0) is 22.9. The Morgan fingerprint density at radius 1 is 1.19 bits per heavy atom.